The van der Waals surface area contributed by atoms with Crippen molar-refractivity contribution >= 4 is 49.6 Å². The van der Waals surface area contributed by atoms with Crippen LogP contribution >= 0.6 is 49.6 Å². The van der Waals surface area contributed by atoms with Crippen LogP contribution in [-0.2, 0) is 0 Å². The zero-order chi connectivity index (χ0) is 5.54. The Morgan fingerprint density at radius 1 is 0.583 bits per heavy atom. The van der Waals surface area contributed by atoms with Crippen LogP contribution in [0.4, 0.5) is 0 Å². The van der Waals surface area contributed by atoms with Gasteiger partial charge in [-0.2, -0.15) is 0 Å². The first-order chi connectivity index (χ1) is 3.41. The number of rotatable bonds is 4. The average Bonchev–Trinajstić information content (AvgIpc) is 1.69. The normalized spacial score (nSPS) is 5.50. The highest BCUT2D eigenvalue weighted by molar-refractivity contribution is 5.86. The highest BCUT2D eigenvalue weighted by Crippen LogP contribution is 2.00. The molecule has 0 aliphatic heterocycles. The van der Waals surface area contributed by atoms with Crippen LogP contribution in [0.25, 0.3) is 0 Å². The molecule has 0 fully saturated rings. The first-order valence-electron chi connectivity index (χ1n) is 3.41. The van der Waals surface area contributed by atoms with Crippen molar-refractivity contribution in [1.29, 1.82) is 0 Å². The fraction of sp³-hybridized carbons (Fsp3) is 1.00. The lowest BCUT2D eigenvalue weighted by atomic mass is 10.2. The molecule has 0 bridgehead atoms. The minimum Gasteiger partial charge on any atom is -0.147 e. The molecule has 0 aromatic carbocycles. The van der Waals surface area contributed by atoms with Gasteiger partial charge in [0.2, 0.25) is 0 Å². The third-order valence-corrected chi connectivity index (χ3v) is 1.21. The van der Waals surface area contributed by atoms with E-state index in [9.17, 15) is 0 Å². The molecule has 0 heterocycles. The topological polar surface area (TPSA) is 0 Å². The molecule has 0 aliphatic carbocycles. The summed E-state index contributed by atoms with van der Waals surface area (Å²) in [6, 6.07) is 0. The van der Waals surface area contributed by atoms with Crippen LogP contribution in [0.15, 0.2) is 0 Å². The first-order valence-corrected chi connectivity index (χ1v) is 3.41. The summed E-state index contributed by atoms with van der Waals surface area (Å²) < 4.78 is 0. The SMILES string of the molecule is C.CCCCCCC.Cl.Cl.Cl.Cl. The van der Waals surface area contributed by atoms with Gasteiger partial charge in [0.25, 0.3) is 0 Å². The predicted octanol–water partition coefficient (Wildman–Crippen LogP) is 5.30. The van der Waals surface area contributed by atoms with E-state index in [1.165, 1.54) is 32.1 Å². The summed E-state index contributed by atoms with van der Waals surface area (Å²) in [5.74, 6) is 0. The molecule has 84 valence electrons. The van der Waals surface area contributed by atoms with Crippen molar-refractivity contribution in [2.75, 3.05) is 0 Å². The molecular weight excluding hydrogens is 238 g/mol. The number of hydrogen-bond donors (Lipinski definition) is 0. The van der Waals surface area contributed by atoms with E-state index in [0.717, 1.165) is 0 Å². The van der Waals surface area contributed by atoms with Gasteiger partial charge in [-0.1, -0.05) is 53.4 Å². The van der Waals surface area contributed by atoms with Gasteiger partial charge >= 0.3 is 0 Å². The zero-order valence-corrected chi connectivity index (χ0v) is 10.4. The lowest BCUT2D eigenvalue weighted by Crippen LogP contribution is -1.70. The Kier molecular flexibility index (Phi) is 126. The molecule has 0 nitrogen and oxygen atoms in total. The third kappa shape index (κ3) is 43.3. The molecule has 0 amide bonds. The summed E-state index contributed by atoms with van der Waals surface area (Å²) >= 11 is 0. The second kappa shape index (κ2) is 39.9. The van der Waals surface area contributed by atoms with Gasteiger partial charge in [-0.15, -0.1) is 49.6 Å². The molecule has 0 unspecified atom stereocenters. The van der Waals surface area contributed by atoms with Crippen LogP contribution in [0.3, 0.4) is 0 Å². The minimum absolute atomic E-state index is 0. The summed E-state index contributed by atoms with van der Waals surface area (Å²) in [5, 5.41) is 0. The lowest BCUT2D eigenvalue weighted by Gasteiger charge is -1.90. The smallest absolute Gasteiger partial charge is 0.0533 e. The fourth-order valence-electron chi connectivity index (χ4n) is 0.677. The maximum atomic E-state index is 2.25. The van der Waals surface area contributed by atoms with Gasteiger partial charge in [-0.3, -0.25) is 0 Å². The monoisotopic (exact) mass is 260 g/mol. The Bertz CT molecular complexity index is 30.2. The van der Waals surface area contributed by atoms with Crippen LogP contribution in [0.2, 0.25) is 0 Å². The third-order valence-electron chi connectivity index (χ3n) is 1.21. The molecule has 0 saturated carbocycles. The number of halogens is 4. The molecule has 0 rings (SSSR count). The van der Waals surface area contributed by atoms with Crippen molar-refractivity contribution in [1.82, 2.24) is 0 Å². The Hall–Kier alpha value is 1.16. The van der Waals surface area contributed by atoms with Gasteiger partial charge in [-0.05, 0) is 0 Å². The van der Waals surface area contributed by atoms with Crippen molar-refractivity contribution in [2.24, 2.45) is 0 Å². The van der Waals surface area contributed by atoms with Crippen LogP contribution in [0.1, 0.15) is 53.4 Å². The van der Waals surface area contributed by atoms with E-state index in [4.69, 9.17) is 0 Å². The summed E-state index contributed by atoms with van der Waals surface area (Å²) in [6.07, 6.45) is 7.01. The number of unbranched alkanes of at least 4 members (excludes halogenated alkanes) is 4. The second-order valence-corrected chi connectivity index (χ2v) is 2.06. The van der Waals surface area contributed by atoms with E-state index >= 15 is 0 Å². The highest BCUT2D eigenvalue weighted by Gasteiger charge is 1.80. The Balaban J connectivity index is -0.0000000180. The molecule has 0 aliphatic rings. The maximum Gasteiger partial charge on any atom is -0.0533 e. The van der Waals surface area contributed by atoms with Gasteiger partial charge in [0, 0.05) is 0 Å². The molecular formula is C8H24Cl4. The van der Waals surface area contributed by atoms with E-state index in [2.05, 4.69) is 13.8 Å². The van der Waals surface area contributed by atoms with E-state index in [-0.39, 0.29) is 57.1 Å². The van der Waals surface area contributed by atoms with Gasteiger partial charge in [0.15, 0.2) is 0 Å². The van der Waals surface area contributed by atoms with Crippen molar-refractivity contribution in [2.45, 2.75) is 53.4 Å². The van der Waals surface area contributed by atoms with Gasteiger partial charge in [0.05, 0.1) is 0 Å². The van der Waals surface area contributed by atoms with Crippen molar-refractivity contribution < 1.29 is 0 Å². The average molecular weight is 262 g/mol. The Morgan fingerprint density at radius 3 is 1.00 bits per heavy atom. The van der Waals surface area contributed by atoms with E-state index < -0.39 is 0 Å². The minimum atomic E-state index is 0. The van der Waals surface area contributed by atoms with Crippen molar-refractivity contribution in [3.63, 3.8) is 0 Å². The van der Waals surface area contributed by atoms with Gasteiger partial charge in [-0.25, -0.2) is 0 Å². The molecule has 0 aromatic heterocycles. The van der Waals surface area contributed by atoms with Crippen molar-refractivity contribution in [3.8, 4) is 0 Å². The Labute approximate surface area is 103 Å². The molecule has 4 heteroatoms. The molecule has 12 heavy (non-hydrogen) atoms. The van der Waals surface area contributed by atoms with Gasteiger partial charge in [0.1, 0.15) is 0 Å². The van der Waals surface area contributed by atoms with Crippen LogP contribution in [0, 0.1) is 0 Å². The number of hydrogen-bond acceptors (Lipinski definition) is 0. The molecule has 0 atom stereocenters. The van der Waals surface area contributed by atoms with Crippen LogP contribution in [-0.4, -0.2) is 0 Å². The maximum absolute atomic E-state index is 2.25. The largest absolute Gasteiger partial charge is 0.147 e. The summed E-state index contributed by atoms with van der Waals surface area (Å²) in [6.45, 7) is 4.49. The van der Waals surface area contributed by atoms with Gasteiger partial charge < -0.3 is 0 Å². The second-order valence-electron chi connectivity index (χ2n) is 2.06. The quantitative estimate of drug-likeness (QED) is 0.603. The van der Waals surface area contributed by atoms with E-state index in [0.29, 0.717) is 0 Å². The van der Waals surface area contributed by atoms with Crippen molar-refractivity contribution in [3.05, 3.63) is 0 Å². The van der Waals surface area contributed by atoms with E-state index in [1.54, 1.807) is 0 Å². The Morgan fingerprint density at radius 2 is 0.833 bits per heavy atom. The summed E-state index contributed by atoms with van der Waals surface area (Å²) in [7, 11) is 0. The summed E-state index contributed by atoms with van der Waals surface area (Å²) in [4.78, 5) is 0. The standard InChI is InChI=1S/C7H16.CH4.4ClH/c1-3-5-7-6-4-2;;;;;/h3-7H2,1-2H3;1H4;4*1H. The first kappa shape index (κ1) is 38.0. The van der Waals surface area contributed by atoms with Crippen LogP contribution in [0.5, 0.6) is 0 Å². The fourth-order valence-corrected chi connectivity index (χ4v) is 0.677. The molecule has 0 saturated heterocycles. The zero-order valence-electron chi connectivity index (χ0n) is 7.17. The van der Waals surface area contributed by atoms with Crippen LogP contribution < -0.4 is 0 Å². The molecule has 0 aromatic rings. The highest BCUT2D eigenvalue weighted by atomic mass is 35.5. The molecule has 0 radical (unpaired) electrons. The predicted molar refractivity (Wildman–Crippen MR) is 70.2 cm³/mol. The van der Waals surface area contributed by atoms with E-state index in [1.807, 2.05) is 0 Å². The lowest BCUT2D eigenvalue weighted by molar-refractivity contribution is 0.656. The molecule has 0 spiro atoms. The summed E-state index contributed by atoms with van der Waals surface area (Å²) in [5.41, 5.74) is 0. The molecule has 0 N–H and O–H groups in total.